The van der Waals surface area contributed by atoms with Crippen LogP contribution >= 0.6 is 0 Å². The first kappa shape index (κ1) is 20.6. The summed E-state index contributed by atoms with van der Waals surface area (Å²) in [6.45, 7) is 2.21. The summed E-state index contributed by atoms with van der Waals surface area (Å²) in [5.41, 5.74) is 0.645. The number of methoxy groups -OCH3 is 2. The average Bonchev–Trinajstić information content (AvgIpc) is 3.21. The van der Waals surface area contributed by atoms with Crippen LogP contribution in [-0.2, 0) is 16.6 Å². The molecule has 0 aliphatic rings. The third kappa shape index (κ3) is 4.84. The minimum atomic E-state index is -3.74. The van der Waals surface area contributed by atoms with Gasteiger partial charge in [-0.15, -0.1) is 0 Å². The minimum absolute atomic E-state index is 0.112. The summed E-state index contributed by atoms with van der Waals surface area (Å²) in [6.07, 6.45) is 0. The Labute approximate surface area is 168 Å². The lowest BCUT2D eigenvalue weighted by Gasteiger charge is -2.07. The summed E-state index contributed by atoms with van der Waals surface area (Å²) in [5, 5.41) is 3.89. The quantitative estimate of drug-likeness (QED) is 0.563. The van der Waals surface area contributed by atoms with Crippen molar-refractivity contribution in [3.63, 3.8) is 0 Å². The van der Waals surface area contributed by atoms with Crippen molar-refractivity contribution in [3.05, 3.63) is 48.4 Å². The number of ether oxygens (including phenoxy) is 3. The highest BCUT2D eigenvalue weighted by atomic mass is 32.2. The van der Waals surface area contributed by atoms with Gasteiger partial charge in [-0.2, -0.15) is 4.98 Å². The van der Waals surface area contributed by atoms with E-state index in [1.165, 1.54) is 19.2 Å². The predicted octanol–water partition coefficient (Wildman–Crippen LogP) is 2.63. The highest BCUT2D eigenvalue weighted by Crippen LogP contribution is 2.31. The first-order valence-corrected chi connectivity index (χ1v) is 10.2. The molecule has 2 aromatic carbocycles. The van der Waals surface area contributed by atoms with Crippen LogP contribution in [0.4, 0.5) is 0 Å². The van der Waals surface area contributed by atoms with E-state index in [9.17, 15) is 8.42 Å². The van der Waals surface area contributed by atoms with Crippen LogP contribution in [0.2, 0.25) is 0 Å². The van der Waals surface area contributed by atoms with Crippen molar-refractivity contribution >= 4 is 10.0 Å². The van der Waals surface area contributed by atoms with Gasteiger partial charge < -0.3 is 18.7 Å². The zero-order valence-corrected chi connectivity index (χ0v) is 17.0. The summed E-state index contributed by atoms with van der Waals surface area (Å²) >= 11 is 0. The van der Waals surface area contributed by atoms with Gasteiger partial charge in [0, 0.05) is 5.56 Å². The van der Waals surface area contributed by atoms with Gasteiger partial charge in [0.25, 0.3) is 0 Å². The Kier molecular flexibility index (Phi) is 6.35. The van der Waals surface area contributed by atoms with Crippen molar-refractivity contribution < 1.29 is 27.2 Å². The van der Waals surface area contributed by atoms with Crippen LogP contribution in [0.3, 0.4) is 0 Å². The van der Waals surface area contributed by atoms with Crippen LogP contribution in [0.1, 0.15) is 12.8 Å². The molecule has 0 saturated heterocycles. The number of hydrogen-bond acceptors (Lipinski definition) is 8. The first-order valence-electron chi connectivity index (χ1n) is 8.74. The lowest BCUT2D eigenvalue weighted by Crippen LogP contribution is -2.23. The fourth-order valence-electron chi connectivity index (χ4n) is 2.54. The highest BCUT2D eigenvalue weighted by molar-refractivity contribution is 7.89. The summed E-state index contributed by atoms with van der Waals surface area (Å²) in [6, 6.07) is 11.3. The Morgan fingerprint density at radius 1 is 1.03 bits per heavy atom. The number of nitrogens with one attached hydrogen (secondary N) is 1. The molecule has 0 atom stereocenters. The molecular weight excluding hydrogens is 398 g/mol. The van der Waals surface area contributed by atoms with E-state index in [2.05, 4.69) is 14.9 Å². The fraction of sp³-hybridized carbons (Fsp3) is 0.263. The molecule has 0 aliphatic heterocycles. The Hall–Kier alpha value is -3.11. The number of sulfonamides is 1. The smallest absolute Gasteiger partial charge is 0.242 e. The second kappa shape index (κ2) is 8.93. The molecule has 29 heavy (non-hydrogen) atoms. The monoisotopic (exact) mass is 419 g/mol. The summed E-state index contributed by atoms with van der Waals surface area (Å²) in [7, 11) is -0.666. The molecule has 0 amide bonds. The van der Waals surface area contributed by atoms with E-state index in [0.29, 0.717) is 35.2 Å². The molecule has 0 unspecified atom stereocenters. The lowest BCUT2D eigenvalue weighted by atomic mass is 10.2. The van der Waals surface area contributed by atoms with E-state index in [0.717, 1.165) is 0 Å². The number of aromatic nitrogens is 2. The van der Waals surface area contributed by atoms with E-state index >= 15 is 0 Å². The van der Waals surface area contributed by atoms with Crippen LogP contribution in [0, 0.1) is 0 Å². The Bertz CT molecular complexity index is 1060. The summed E-state index contributed by atoms with van der Waals surface area (Å²) in [5.74, 6) is 2.13. The molecular formula is C19H21N3O6S. The number of benzene rings is 2. The second-order valence-electron chi connectivity index (χ2n) is 5.81. The van der Waals surface area contributed by atoms with E-state index < -0.39 is 10.0 Å². The van der Waals surface area contributed by atoms with Crippen LogP contribution in [0.25, 0.3) is 11.4 Å². The van der Waals surface area contributed by atoms with Gasteiger partial charge in [0.1, 0.15) is 5.75 Å². The number of rotatable bonds is 9. The fourth-order valence-corrected chi connectivity index (χ4v) is 3.52. The van der Waals surface area contributed by atoms with E-state index in [4.69, 9.17) is 18.7 Å². The topological polar surface area (TPSA) is 113 Å². The lowest BCUT2D eigenvalue weighted by molar-refractivity contribution is 0.340. The molecule has 0 saturated carbocycles. The van der Waals surface area contributed by atoms with Gasteiger partial charge in [-0.3, -0.25) is 0 Å². The van der Waals surface area contributed by atoms with Crippen molar-refractivity contribution in [2.24, 2.45) is 0 Å². The van der Waals surface area contributed by atoms with E-state index in [1.54, 1.807) is 37.4 Å². The molecule has 0 aliphatic carbocycles. The predicted molar refractivity (Wildman–Crippen MR) is 104 cm³/mol. The minimum Gasteiger partial charge on any atom is -0.494 e. The highest BCUT2D eigenvalue weighted by Gasteiger charge is 2.17. The van der Waals surface area contributed by atoms with Crippen molar-refractivity contribution in [2.45, 2.75) is 18.4 Å². The van der Waals surface area contributed by atoms with Crippen LogP contribution in [-0.4, -0.2) is 39.4 Å². The molecule has 10 heteroatoms. The van der Waals surface area contributed by atoms with Gasteiger partial charge in [0.2, 0.25) is 21.7 Å². The maximum absolute atomic E-state index is 12.4. The molecule has 0 fully saturated rings. The van der Waals surface area contributed by atoms with Gasteiger partial charge in [-0.25, -0.2) is 13.1 Å². The molecule has 1 heterocycles. The zero-order valence-electron chi connectivity index (χ0n) is 16.2. The summed E-state index contributed by atoms with van der Waals surface area (Å²) < 4.78 is 48.2. The summed E-state index contributed by atoms with van der Waals surface area (Å²) in [4.78, 5) is 4.34. The largest absolute Gasteiger partial charge is 0.494 e. The molecule has 0 spiro atoms. The normalized spacial score (nSPS) is 11.3. The molecule has 3 aromatic rings. The number of nitrogens with zero attached hydrogens (tertiary/aromatic N) is 2. The van der Waals surface area contributed by atoms with Crippen LogP contribution in [0.15, 0.2) is 51.9 Å². The second-order valence-corrected chi connectivity index (χ2v) is 7.58. The molecule has 3 rings (SSSR count). The van der Waals surface area contributed by atoms with Crippen molar-refractivity contribution in [2.75, 3.05) is 20.8 Å². The van der Waals surface area contributed by atoms with Gasteiger partial charge in [0.05, 0.1) is 32.3 Å². The van der Waals surface area contributed by atoms with Gasteiger partial charge in [-0.1, -0.05) is 5.16 Å². The average molecular weight is 419 g/mol. The van der Waals surface area contributed by atoms with Crippen LogP contribution < -0.4 is 18.9 Å². The van der Waals surface area contributed by atoms with Crippen LogP contribution in [0.5, 0.6) is 17.2 Å². The SMILES string of the molecule is CCOc1ccc(S(=O)(=O)NCc2nc(-c3ccc(OC)c(OC)c3)no2)cc1. The maximum atomic E-state index is 12.4. The number of hydrogen-bond donors (Lipinski definition) is 1. The standard InChI is InChI=1S/C19H21N3O6S/c1-4-27-14-6-8-15(9-7-14)29(23,24)20-12-18-21-19(22-28-18)13-5-10-16(25-2)17(11-13)26-3/h5-11,20H,4,12H2,1-3H3. The molecule has 0 radical (unpaired) electrons. The van der Waals surface area contributed by atoms with Crippen molar-refractivity contribution in [1.82, 2.24) is 14.9 Å². The third-order valence-corrected chi connectivity index (χ3v) is 5.39. The van der Waals surface area contributed by atoms with E-state index in [1.807, 2.05) is 6.92 Å². The maximum Gasteiger partial charge on any atom is 0.242 e. The zero-order chi connectivity index (χ0) is 20.9. The Morgan fingerprint density at radius 3 is 2.41 bits per heavy atom. The van der Waals surface area contributed by atoms with Gasteiger partial charge >= 0.3 is 0 Å². The first-order chi connectivity index (χ1) is 14.0. The van der Waals surface area contributed by atoms with Crippen molar-refractivity contribution in [1.29, 1.82) is 0 Å². The Morgan fingerprint density at radius 2 is 1.76 bits per heavy atom. The molecule has 1 aromatic heterocycles. The molecule has 154 valence electrons. The Balaban J connectivity index is 1.70. The molecule has 1 N–H and O–H groups in total. The van der Waals surface area contributed by atoms with Gasteiger partial charge in [0.15, 0.2) is 11.5 Å². The van der Waals surface area contributed by atoms with Gasteiger partial charge in [-0.05, 0) is 49.4 Å². The third-order valence-electron chi connectivity index (χ3n) is 3.97. The van der Waals surface area contributed by atoms with E-state index in [-0.39, 0.29) is 17.3 Å². The molecule has 9 nitrogen and oxygen atoms in total. The van der Waals surface area contributed by atoms with Crippen molar-refractivity contribution in [3.8, 4) is 28.6 Å². The molecule has 0 bridgehead atoms.